The average molecular weight is 515 g/mol. The summed E-state index contributed by atoms with van der Waals surface area (Å²) in [4.78, 5) is 0. The highest BCUT2D eigenvalue weighted by Gasteiger charge is 2.61. The van der Waals surface area contributed by atoms with Crippen LogP contribution < -0.4 is 4.74 Å². The minimum absolute atomic E-state index is 0.0183. The highest BCUT2D eigenvalue weighted by Crippen LogP contribution is 2.68. The van der Waals surface area contributed by atoms with Crippen LogP contribution in [0.15, 0.2) is 35.7 Å². The zero-order valence-corrected chi connectivity index (χ0v) is 23.1. The van der Waals surface area contributed by atoms with Crippen molar-refractivity contribution >= 4 is 0 Å². The molecule has 4 aliphatic carbocycles. The van der Waals surface area contributed by atoms with Crippen molar-refractivity contribution in [3.8, 4) is 5.75 Å². The third-order valence-corrected chi connectivity index (χ3v) is 11.6. The number of aliphatic hydroxyl groups excluding tert-OH is 3. The van der Waals surface area contributed by atoms with Crippen molar-refractivity contribution in [2.24, 2.45) is 40.4 Å². The number of hydrogen-bond acceptors (Lipinski definition) is 4. The molecular formula is C32H47FO4. The fourth-order valence-electron chi connectivity index (χ4n) is 9.49. The van der Waals surface area contributed by atoms with Gasteiger partial charge in [-0.05, 0) is 97.0 Å². The standard InChI is InChI=1S/C32H47FO4/c1-19(8-7-10-26(34)20-9-5-6-11-28(20)37-4)21-12-13-22-29-23(14-16-31(21,22)2)32(3)17-15-27(35)30(36)24(32)18-25(29)33/h5-6,9,11,19,21-24,26-27,30,34-36H,7-8,10,12-18H2,1-4H3/t19-,21-,22+,23+,24+,26?,27+,30-,31-,32-/m1/s1. The number of halogens is 1. The van der Waals surface area contributed by atoms with E-state index in [1.807, 2.05) is 24.3 Å². The minimum Gasteiger partial charge on any atom is -0.496 e. The molecule has 0 spiro atoms. The summed E-state index contributed by atoms with van der Waals surface area (Å²) in [5.41, 5.74) is 1.93. The van der Waals surface area contributed by atoms with Gasteiger partial charge in [-0.25, -0.2) is 4.39 Å². The van der Waals surface area contributed by atoms with Gasteiger partial charge in [0.1, 0.15) is 11.6 Å². The molecule has 4 aliphatic rings. The molecular weight excluding hydrogens is 467 g/mol. The third-order valence-electron chi connectivity index (χ3n) is 11.6. The van der Waals surface area contributed by atoms with Gasteiger partial charge in [-0.2, -0.15) is 0 Å². The highest BCUT2D eigenvalue weighted by molar-refractivity contribution is 5.35. The smallest absolute Gasteiger partial charge is 0.124 e. The number of ether oxygens (including phenoxy) is 1. The van der Waals surface area contributed by atoms with E-state index in [4.69, 9.17) is 4.74 Å². The van der Waals surface area contributed by atoms with Gasteiger partial charge in [0.05, 0.1) is 25.4 Å². The van der Waals surface area contributed by atoms with Gasteiger partial charge in [-0.3, -0.25) is 0 Å². The summed E-state index contributed by atoms with van der Waals surface area (Å²) >= 11 is 0. The summed E-state index contributed by atoms with van der Waals surface area (Å²) in [7, 11) is 1.64. The lowest BCUT2D eigenvalue weighted by atomic mass is 9.47. The maximum Gasteiger partial charge on any atom is 0.124 e. The average Bonchev–Trinajstić information content (AvgIpc) is 3.24. The van der Waals surface area contributed by atoms with Gasteiger partial charge in [-0.1, -0.05) is 51.8 Å². The van der Waals surface area contributed by atoms with Gasteiger partial charge in [0, 0.05) is 12.0 Å². The SMILES string of the molecule is COc1ccccc1C(O)CCC[C@@H](C)[C@H]1CC[C@H]2C3=C(F)C[C@H]4[C@@H](O)[C@@H](O)CC[C@]4(C)[C@H]3CC[C@]12C. The largest absolute Gasteiger partial charge is 0.496 e. The fourth-order valence-corrected chi connectivity index (χ4v) is 9.49. The molecule has 3 N–H and O–H groups in total. The van der Waals surface area contributed by atoms with E-state index in [1.165, 1.54) is 0 Å². The predicted octanol–water partition coefficient (Wildman–Crippen LogP) is 6.74. The Bertz CT molecular complexity index is 1010. The Balaban J connectivity index is 1.27. The van der Waals surface area contributed by atoms with Crippen molar-refractivity contribution in [1.29, 1.82) is 0 Å². The second kappa shape index (κ2) is 10.3. The molecule has 1 unspecified atom stereocenters. The van der Waals surface area contributed by atoms with Crippen molar-refractivity contribution in [3.63, 3.8) is 0 Å². The fraction of sp³-hybridized carbons (Fsp3) is 0.750. The van der Waals surface area contributed by atoms with Crippen molar-refractivity contribution in [2.45, 2.75) is 103 Å². The minimum atomic E-state index is -0.818. The molecule has 4 nitrogen and oxygen atoms in total. The van der Waals surface area contributed by atoms with E-state index >= 15 is 4.39 Å². The summed E-state index contributed by atoms with van der Waals surface area (Å²) in [6, 6.07) is 7.71. The molecule has 0 aliphatic heterocycles. The van der Waals surface area contributed by atoms with E-state index in [0.717, 1.165) is 61.8 Å². The number of allylic oxidation sites excluding steroid dienone is 2. The summed E-state index contributed by atoms with van der Waals surface area (Å²) in [6.07, 6.45) is 6.74. The van der Waals surface area contributed by atoms with E-state index in [9.17, 15) is 15.3 Å². The first kappa shape index (κ1) is 27.1. The van der Waals surface area contributed by atoms with Crippen molar-refractivity contribution in [3.05, 3.63) is 41.2 Å². The van der Waals surface area contributed by atoms with Crippen LogP contribution in [-0.4, -0.2) is 34.6 Å². The second-order valence-electron chi connectivity index (χ2n) is 13.3. The molecule has 3 saturated carbocycles. The summed E-state index contributed by atoms with van der Waals surface area (Å²) in [5.74, 6) is 2.15. The van der Waals surface area contributed by atoms with Gasteiger partial charge in [0.2, 0.25) is 0 Å². The molecule has 5 heteroatoms. The van der Waals surface area contributed by atoms with Crippen molar-refractivity contribution < 1.29 is 24.4 Å². The Hall–Kier alpha value is -1.43. The van der Waals surface area contributed by atoms with Crippen LogP contribution in [0.25, 0.3) is 0 Å². The van der Waals surface area contributed by atoms with E-state index in [0.29, 0.717) is 30.6 Å². The molecule has 1 aromatic rings. The zero-order valence-electron chi connectivity index (χ0n) is 23.1. The number of fused-ring (bicyclic) bond motifs is 5. The molecule has 5 rings (SSSR count). The van der Waals surface area contributed by atoms with Crippen LogP contribution in [0.1, 0.15) is 96.6 Å². The molecule has 1 aromatic carbocycles. The Kier molecular flexibility index (Phi) is 7.54. The topological polar surface area (TPSA) is 69.9 Å². The quantitative estimate of drug-likeness (QED) is 0.377. The molecule has 0 radical (unpaired) electrons. The molecule has 0 bridgehead atoms. The van der Waals surface area contributed by atoms with Crippen LogP contribution in [0.4, 0.5) is 4.39 Å². The van der Waals surface area contributed by atoms with Gasteiger partial charge in [0.25, 0.3) is 0 Å². The van der Waals surface area contributed by atoms with E-state index < -0.39 is 18.3 Å². The van der Waals surface area contributed by atoms with Crippen LogP contribution in [0.3, 0.4) is 0 Å². The first-order valence-corrected chi connectivity index (χ1v) is 14.7. The summed E-state index contributed by atoms with van der Waals surface area (Å²) in [5, 5.41) is 31.8. The Labute approximate surface area is 222 Å². The zero-order chi connectivity index (χ0) is 26.5. The summed E-state index contributed by atoms with van der Waals surface area (Å²) < 4.78 is 21.3. The van der Waals surface area contributed by atoms with Crippen molar-refractivity contribution in [1.82, 2.24) is 0 Å². The lowest BCUT2D eigenvalue weighted by Crippen LogP contribution is -2.55. The molecule has 10 atom stereocenters. The highest BCUT2D eigenvalue weighted by atomic mass is 19.1. The molecule has 206 valence electrons. The molecule has 0 heterocycles. The number of methoxy groups -OCH3 is 1. The number of para-hydroxylation sites is 1. The molecule has 0 amide bonds. The summed E-state index contributed by atoms with van der Waals surface area (Å²) in [6.45, 7) is 7.04. The van der Waals surface area contributed by atoms with Crippen LogP contribution in [0, 0.1) is 40.4 Å². The van der Waals surface area contributed by atoms with Gasteiger partial charge >= 0.3 is 0 Å². The van der Waals surface area contributed by atoms with Crippen LogP contribution in [-0.2, 0) is 0 Å². The number of aliphatic hydroxyl groups is 3. The lowest BCUT2D eigenvalue weighted by Gasteiger charge is -2.59. The van der Waals surface area contributed by atoms with E-state index in [-0.39, 0.29) is 34.9 Å². The monoisotopic (exact) mass is 514 g/mol. The number of benzene rings is 1. The van der Waals surface area contributed by atoms with Gasteiger partial charge in [0.15, 0.2) is 0 Å². The number of rotatable bonds is 7. The van der Waals surface area contributed by atoms with Crippen LogP contribution in [0.5, 0.6) is 5.75 Å². The normalized spacial score (nSPS) is 41.0. The second-order valence-corrected chi connectivity index (χ2v) is 13.3. The Morgan fingerprint density at radius 2 is 1.70 bits per heavy atom. The Morgan fingerprint density at radius 3 is 2.46 bits per heavy atom. The third kappa shape index (κ3) is 4.47. The Morgan fingerprint density at radius 1 is 1.00 bits per heavy atom. The lowest BCUT2D eigenvalue weighted by molar-refractivity contribution is -0.128. The van der Waals surface area contributed by atoms with Gasteiger partial charge in [-0.15, -0.1) is 0 Å². The van der Waals surface area contributed by atoms with Crippen LogP contribution in [0.2, 0.25) is 0 Å². The maximum atomic E-state index is 15.9. The molecule has 0 saturated heterocycles. The maximum absolute atomic E-state index is 15.9. The van der Waals surface area contributed by atoms with E-state index in [2.05, 4.69) is 20.8 Å². The molecule has 3 fully saturated rings. The first-order chi connectivity index (χ1) is 17.6. The van der Waals surface area contributed by atoms with Crippen molar-refractivity contribution in [2.75, 3.05) is 7.11 Å². The van der Waals surface area contributed by atoms with Gasteiger partial charge < -0.3 is 20.1 Å². The van der Waals surface area contributed by atoms with E-state index in [1.54, 1.807) is 7.11 Å². The first-order valence-electron chi connectivity index (χ1n) is 14.7. The molecule has 37 heavy (non-hydrogen) atoms. The van der Waals surface area contributed by atoms with Crippen LogP contribution >= 0.6 is 0 Å². The number of hydrogen-bond donors (Lipinski definition) is 3. The molecule has 0 aromatic heterocycles. The predicted molar refractivity (Wildman–Crippen MR) is 144 cm³/mol.